The molecule has 0 aliphatic rings. The lowest BCUT2D eigenvalue weighted by Crippen LogP contribution is -2.25. The lowest BCUT2D eigenvalue weighted by molar-refractivity contribution is 0.747. The van der Waals surface area contributed by atoms with Gasteiger partial charge in [0, 0.05) is 24.2 Å². The maximum absolute atomic E-state index is 5.87. The number of thioether (sulfide) groups is 1. The van der Waals surface area contributed by atoms with E-state index < -0.39 is 0 Å². The molecule has 0 spiro atoms. The number of aromatic nitrogens is 1. The summed E-state index contributed by atoms with van der Waals surface area (Å²) in [4.78, 5) is 4.04. The fourth-order valence-corrected chi connectivity index (χ4v) is 1.64. The fourth-order valence-electron chi connectivity index (χ4n) is 1.09. The summed E-state index contributed by atoms with van der Waals surface area (Å²) >= 11 is 1.78. The summed E-state index contributed by atoms with van der Waals surface area (Å²) in [6.45, 7) is 0. The highest BCUT2D eigenvalue weighted by atomic mass is 32.2. The van der Waals surface area contributed by atoms with Crippen LogP contribution in [0, 0.1) is 0 Å². The number of nitrogens with zero attached hydrogens (tertiary/aromatic N) is 1. The molecule has 0 saturated carbocycles. The van der Waals surface area contributed by atoms with E-state index in [1.54, 1.807) is 18.0 Å². The predicted octanol–water partition coefficient (Wildman–Crippen LogP) is 1.31. The van der Waals surface area contributed by atoms with Gasteiger partial charge < -0.3 is 5.73 Å². The van der Waals surface area contributed by atoms with Gasteiger partial charge in [0.2, 0.25) is 0 Å². The molecule has 1 aromatic heterocycles. The van der Waals surface area contributed by atoms with Crippen molar-refractivity contribution in [3.63, 3.8) is 0 Å². The minimum atomic E-state index is 0.254. The van der Waals surface area contributed by atoms with Gasteiger partial charge in [0.1, 0.15) is 0 Å². The van der Waals surface area contributed by atoms with E-state index in [0.717, 1.165) is 12.2 Å². The van der Waals surface area contributed by atoms with E-state index in [4.69, 9.17) is 5.73 Å². The average molecular weight is 182 g/mol. The SMILES string of the molecule is CSCC(N)Cc1cccnc1. The number of hydrogen-bond acceptors (Lipinski definition) is 3. The molecule has 0 aliphatic carbocycles. The lowest BCUT2D eigenvalue weighted by atomic mass is 10.1. The van der Waals surface area contributed by atoms with Crippen molar-refractivity contribution in [2.45, 2.75) is 12.5 Å². The van der Waals surface area contributed by atoms with E-state index in [0.29, 0.717) is 0 Å². The van der Waals surface area contributed by atoms with Crippen molar-refractivity contribution in [2.24, 2.45) is 5.73 Å². The van der Waals surface area contributed by atoms with Gasteiger partial charge >= 0.3 is 0 Å². The van der Waals surface area contributed by atoms with E-state index in [1.165, 1.54) is 5.56 Å². The third-order valence-corrected chi connectivity index (χ3v) is 2.36. The van der Waals surface area contributed by atoms with Gasteiger partial charge in [-0.15, -0.1) is 0 Å². The van der Waals surface area contributed by atoms with Crippen LogP contribution in [0.2, 0.25) is 0 Å². The van der Waals surface area contributed by atoms with E-state index in [9.17, 15) is 0 Å². The second kappa shape index (κ2) is 5.17. The first-order chi connectivity index (χ1) is 5.83. The summed E-state index contributed by atoms with van der Waals surface area (Å²) in [5.74, 6) is 1.01. The van der Waals surface area contributed by atoms with Gasteiger partial charge in [0.15, 0.2) is 0 Å². The summed E-state index contributed by atoms with van der Waals surface area (Å²) in [7, 11) is 0. The maximum atomic E-state index is 5.87. The maximum Gasteiger partial charge on any atom is 0.0300 e. The molecule has 0 fully saturated rings. The fraction of sp³-hybridized carbons (Fsp3) is 0.444. The molecule has 0 bridgehead atoms. The number of hydrogen-bond donors (Lipinski definition) is 1. The van der Waals surface area contributed by atoms with E-state index in [1.807, 2.05) is 12.3 Å². The van der Waals surface area contributed by atoms with Crippen LogP contribution in [0.25, 0.3) is 0 Å². The molecule has 1 rings (SSSR count). The molecular formula is C9H14N2S. The highest BCUT2D eigenvalue weighted by Crippen LogP contribution is 2.03. The van der Waals surface area contributed by atoms with Crippen LogP contribution < -0.4 is 5.73 Å². The topological polar surface area (TPSA) is 38.9 Å². The van der Waals surface area contributed by atoms with Gasteiger partial charge in [-0.1, -0.05) is 6.07 Å². The van der Waals surface area contributed by atoms with Crippen LogP contribution in [0.1, 0.15) is 5.56 Å². The van der Waals surface area contributed by atoms with Crippen molar-refractivity contribution in [1.82, 2.24) is 4.98 Å². The van der Waals surface area contributed by atoms with Gasteiger partial charge in [-0.2, -0.15) is 11.8 Å². The summed E-state index contributed by atoms with van der Waals surface area (Å²) in [5, 5.41) is 0. The van der Waals surface area contributed by atoms with Crippen LogP contribution in [-0.4, -0.2) is 23.0 Å². The Morgan fingerprint density at radius 1 is 1.67 bits per heavy atom. The average Bonchev–Trinajstić information content (AvgIpc) is 2.06. The van der Waals surface area contributed by atoms with Crippen LogP contribution in [0.4, 0.5) is 0 Å². The quantitative estimate of drug-likeness (QED) is 0.763. The zero-order valence-electron chi connectivity index (χ0n) is 7.23. The first-order valence-corrected chi connectivity index (χ1v) is 5.35. The van der Waals surface area contributed by atoms with Gasteiger partial charge in [-0.05, 0) is 24.3 Å². The van der Waals surface area contributed by atoms with Gasteiger partial charge in [0.05, 0.1) is 0 Å². The first kappa shape index (κ1) is 9.55. The van der Waals surface area contributed by atoms with Crippen molar-refractivity contribution in [2.75, 3.05) is 12.0 Å². The minimum absolute atomic E-state index is 0.254. The van der Waals surface area contributed by atoms with E-state index in [-0.39, 0.29) is 6.04 Å². The van der Waals surface area contributed by atoms with Crippen molar-refractivity contribution >= 4 is 11.8 Å². The van der Waals surface area contributed by atoms with Crippen molar-refractivity contribution < 1.29 is 0 Å². The third kappa shape index (κ3) is 3.24. The van der Waals surface area contributed by atoms with Crippen LogP contribution in [0.3, 0.4) is 0 Å². The Morgan fingerprint density at radius 3 is 3.08 bits per heavy atom. The monoisotopic (exact) mass is 182 g/mol. The highest BCUT2D eigenvalue weighted by molar-refractivity contribution is 7.98. The predicted molar refractivity (Wildman–Crippen MR) is 54.3 cm³/mol. The molecular weight excluding hydrogens is 168 g/mol. The molecule has 0 aromatic carbocycles. The van der Waals surface area contributed by atoms with Gasteiger partial charge in [0.25, 0.3) is 0 Å². The summed E-state index contributed by atoms with van der Waals surface area (Å²) in [6, 6.07) is 4.26. The molecule has 12 heavy (non-hydrogen) atoms. The van der Waals surface area contributed by atoms with Gasteiger partial charge in [-0.3, -0.25) is 4.98 Å². The largest absolute Gasteiger partial charge is 0.327 e. The number of pyridine rings is 1. The van der Waals surface area contributed by atoms with E-state index >= 15 is 0 Å². The molecule has 0 saturated heterocycles. The molecule has 1 atom stereocenters. The van der Waals surface area contributed by atoms with Crippen molar-refractivity contribution in [1.29, 1.82) is 0 Å². The Bertz CT molecular complexity index is 213. The molecule has 2 N–H and O–H groups in total. The highest BCUT2D eigenvalue weighted by Gasteiger charge is 2.01. The van der Waals surface area contributed by atoms with E-state index in [2.05, 4.69) is 17.3 Å². The second-order valence-electron chi connectivity index (χ2n) is 2.78. The van der Waals surface area contributed by atoms with Crippen LogP contribution in [-0.2, 0) is 6.42 Å². The van der Waals surface area contributed by atoms with Crippen LogP contribution in [0.15, 0.2) is 24.5 Å². The van der Waals surface area contributed by atoms with Crippen LogP contribution >= 0.6 is 11.8 Å². The molecule has 1 aromatic rings. The Balaban J connectivity index is 2.41. The first-order valence-electron chi connectivity index (χ1n) is 3.96. The molecule has 0 aliphatic heterocycles. The molecule has 0 amide bonds. The Morgan fingerprint density at radius 2 is 2.50 bits per heavy atom. The molecule has 1 heterocycles. The molecule has 0 radical (unpaired) electrons. The van der Waals surface area contributed by atoms with Crippen molar-refractivity contribution in [3.05, 3.63) is 30.1 Å². The normalized spacial score (nSPS) is 12.8. The Labute approximate surface area is 77.6 Å². The molecule has 66 valence electrons. The zero-order valence-corrected chi connectivity index (χ0v) is 8.05. The summed E-state index contributed by atoms with van der Waals surface area (Å²) < 4.78 is 0. The van der Waals surface area contributed by atoms with Crippen LogP contribution in [0.5, 0.6) is 0 Å². The standard InChI is InChI=1S/C9H14N2S/c1-12-7-9(10)5-8-3-2-4-11-6-8/h2-4,6,9H,5,7,10H2,1H3. The number of nitrogens with two attached hydrogens (primary N) is 1. The second-order valence-corrected chi connectivity index (χ2v) is 3.69. The lowest BCUT2D eigenvalue weighted by Gasteiger charge is -2.08. The molecule has 3 heteroatoms. The van der Waals surface area contributed by atoms with Gasteiger partial charge in [-0.25, -0.2) is 0 Å². The Hall–Kier alpha value is -0.540. The third-order valence-electron chi connectivity index (χ3n) is 1.60. The van der Waals surface area contributed by atoms with Crippen molar-refractivity contribution in [3.8, 4) is 0 Å². The minimum Gasteiger partial charge on any atom is -0.327 e. The molecule has 2 nitrogen and oxygen atoms in total. The summed E-state index contributed by atoms with van der Waals surface area (Å²) in [6.07, 6.45) is 6.65. The molecule has 1 unspecified atom stereocenters. The number of rotatable bonds is 4. The Kier molecular flexibility index (Phi) is 4.11. The smallest absolute Gasteiger partial charge is 0.0300 e. The summed E-state index contributed by atoms with van der Waals surface area (Å²) in [5.41, 5.74) is 7.09. The zero-order chi connectivity index (χ0) is 8.81.